The van der Waals surface area contributed by atoms with Gasteiger partial charge in [0.05, 0.1) is 43.6 Å². The molecule has 0 aliphatic carbocycles. The number of nitrogens with zero attached hydrogens (tertiary/aromatic N) is 14. The molecule has 9 rings (SSSR count). The van der Waals surface area contributed by atoms with Crippen LogP contribution in [0.25, 0.3) is 50.6 Å². The molecule has 0 amide bonds. The smallest absolute Gasteiger partial charge is 0.427 e. The van der Waals surface area contributed by atoms with Crippen molar-refractivity contribution >= 4 is 16.9 Å². The molecular weight excluding hydrogens is 1160 g/mol. The number of pyridine rings is 4. The van der Waals surface area contributed by atoms with Crippen molar-refractivity contribution in [3.05, 3.63) is 116 Å². The Kier molecular flexibility index (Phi) is 18.9. The Morgan fingerprint density at radius 3 is 1.35 bits per heavy atom. The molecule has 0 fully saturated rings. The first-order valence-corrected chi connectivity index (χ1v) is 24.2. The van der Waals surface area contributed by atoms with E-state index >= 15 is 0 Å². The first-order valence-electron chi connectivity index (χ1n) is 24.2. The highest BCUT2D eigenvalue weighted by Crippen LogP contribution is 2.36. The van der Waals surface area contributed by atoms with Gasteiger partial charge >= 0.3 is 30.7 Å². The lowest BCUT2D eigenvalue weighted by atomic mass is 10.1. The van der Waals surface area contributed by atoms with Gasteiger partial charge in [0.15, 0.2) is 40.6 Å². The fourth-order valence-corrected chi connectivity index (χ4v) is 6.81. The van der Waals surface area contributed by atoms with Crippen molar-refractivity contribution in [2.24, 2.45) is 0 Å². The van der Waals surface area contributed by atoms with Crippen molar-refractivity contribution < 1.29 is 90.2 Å². The highest BCUT2D eigenvalue weighted by Gasteiger charge is 2.51. The number of methoxy groups -OCH3 is 2. The van der Waals surface area contributed by atoms with E-state index in [1.54, 1.807) is 23.6 Å². The van der Waals surface area contributed by atoms with Crippen LogP contribution in [0, 0.1) is 0 Å². The van der Waals surface area contributed by atoms with Crippen LogP contribution in [-0.4, -0.2) is 139 Å². The van der Waals surface area contributed by atoms with Gasteiger partial charge in [-0.1, -0.05) is 0 Å². The molecule has 9 aromatic rings. The SMILES string of the molecule is CCOC(F)(F)c1nnc2cnc(-c3ccc(OC(C)(C)C(F)(F)F)nc3)cn12.COCCOC(F)(F)c1nnc2cnc(-c3ccc(OCC(F)(F)F)nc3)cn12.COCc1nnc2ccc(-c3ccc(OC(C)(C)C(F)(F)F)nc3)cn12. The zero-order valence-electron chi connectivity index (χ0n) is 44.8. The predicted molar refractivity (Wildman–Crippen MR) is 265 cm³/mol. The number of fused-ring (bicyclic) bond motifs is 3. The fourth-order valence-electron chi connectivity index (χ4n) is 6.81. The Bertz CT molecular complexity index is 3620. The van der Waals surface area contributed by atoms with Crippen LogP contribution in [-0.2, 0) is 37.8 Å². The molecule has 21 nitrogen and oxygen atoms in total. The maximum absolute atomic E-state index is 14.3. The molecule has 9 heterocycles. The third-order valence-corrected chi connectivity index (χ3v) is 11.4. The van der Waals surface area contributed by atoms with Gasteiger partial charge in [-0.25, -0.2) is 15.0 Å². The van der Waals surface area contributed by atoms with E-state index in [-0.39, 0.29) is 60.1 Å². The summed E-state index contributed by atoms with van der Waals surface area (Å²) >= 11 is 0. The largest absolute Gasteiger partial charge is 0.468 e. The fraction of sp³-hybridized carbons (Fsp3) is 0.380. The summed E-state index contributed by atoms with van der Waals surface area (Å²) in [7, 11) is 2.91. The molecule has 0 saturated carbocycles. The number of alkyl halides is 13. The summed E-state index contributed by atoms with van der Waals surface area (Å²) in [5.74, 6) is -1.42. The molecule has 0 atom stereocenters. The quantitative estimate of drug-likeness (QED) is 0.0543. The average molecular weight is 1200 g/mol. The lowest BCUT2D eigenvalue weighted by Gasteiger charge is -2.28. The van der Waals surface area contributed by atoms with Crippen LogP contribution >= 0.6 is 0 Å². The molecule has 84 heavy (non-hydrogen) atoms. The van der Waals surface area contributed by atoms with Gasteiger partial charge in [-0.15, -0.1) is 30.6 Å². The van der Waals surface area contributed by atoms with Crippen molar-refractivity contribution in [2.45, 2.75) is 83.2 Å². The zero-order chi connectivity index (χ0) is 61.5. The Morgan fingerprint density at radius 1 is 0.440 bits per heavy atom. The third kappa shape index (κ3) is 15.4. The molecule has 0 N–H and O–H groups in total. The minimum atomic E-state index is -4.59. The number of hydrogen-bond acceptors (Lipinski definition) is 18. The molecule has 0 spiro atoms. The molecule has 0 radical (unpaired) electrons. The van der Waals surface area contributed by atoms with Gasteiger partial charge in [-0.05, 0) is 65.0 Å². The molecule has 9 aromatic heterocycles. The first kappa shape index (κ1) is 63.1. The standard InChI is InChI=1S/C17H16F5N5O2.C17H17F3N4O2.C16H14F5N5O3/c1-4-28-16(18,19)14-26-25-12-8-23-11(9-27(12)14)10-5-6-13(24-7-10)29-15(2,3)17(20,21)22;1-16(2,17(18,19)20)26-15-7-5-11(8-21-15)12-4-6-13-22-23-14(10-25-3)24(13)9-12;1-27-4-5-29-16(20,21)14-25-24-12-7-22-11(8-26(12)14)10-2-3-13(23-6-10)28-9-15(17,18)19/h5-9H,4H2,1-3H3;4-9H,10H2,1-3H3;2-3,6-8H,4-5,9H2,1H3. The van der Waals surface area contributed by atoms with Crippen molar-refractivity contribution in [3.63, 3.8) is 0 Å². The molecule has 0 saturated heterocycles. The second-order valence-electron chi connectivity index (χ2n) is 18.3. The van der Waals surface area contributed by atoms with Crippen LogP contribution in [0.2, 0.25) is 0 Å². The Balaban J connectivity index is 0.000000181. The maximum atomic E-state index is 14.3. The topological polar surface area (TPSA) is 220 Å². The molecule has 0 aliphatic heterocycles. The summed E-state index contributed by atoms with van der Waals surface area (Å²) in [5.41, 5.74) is -1.27. The van der Waals surface area contributed by atoms with Crippen LogP contribution in [0.1, 0.15) is 52.1 Å². The summed E-state index contributed by atoms with van der Waals surface area (Å²) in [6.45, 7) is 3.29. The van der Waals surface area contributed by atoms with Crippen molar-refractivity contribution in [1.29, 1.82) is 0 Å². The van der Waals surface area contributed by atoms with Crippen molar-refractivity contribution in [2.75, 3.05) is 40.6 Å². The van der Waals surface area contributed by atoms with E-state index < -0.39 is 60.2 Å². The number of rotatable bonds is 19. The predicted octanol–water partition coefficient (Wildman–Crippen LogP) is 10.5. The summed E-state index contributed by atoms with van der Waals surface area (Å²) < 4.78 is 208. The molecule has 0 aliphatic rings. The second-order valence-corrected chi connectivity index (χ2v) is 18.3. The molecule has 0 aromatic carbocycles. The summed E-state index contributed by atoms with van der Waals surface area (Å²) in [4.78, 5) is 19.8. The second kappa shape index (κ2) is 25.2. The summed E-state index contributed by atoms with van der Waals surface area (Å²) in [6.07, 6.45) is -10.3. The molecule has 0 unspecified atom stereocenters. The van der Waals surface area contributed by atoms with Crippen LogP contribution in [0.3, 0.4) is 0 Å². The Hall–Kier alpha value is -8.50. The number of halogens is 13. The molecular formula is C50H47F13N14O7. The van der Waals surface area contributed by atoms with Gasteiger partial charge in [0.2, 0.25) is 29.3 Å². The Labute approximate surface area is 465 Å². The van der Waals surface area contributed by atoms with Crippen LogP contribution in [0.15, 0.2) is 98.1 Å². The van der Waals surface area contributed by atoms with Gasteiger partial charge in [0.1, 0.15) is 6.61 Å². The van der Waals surface area contributed by atoms with Gasteiger partial charge in [0.25, 0.3) is 0 Å². The average Bonchev–Trinajstić information content (AvgIpc) is 2.60. The zero-order valence-corrected chi connectivity index (χ0v) is 44.8. The van der Waals surface area contributed by atoms with E-state index in [9.17, 15) is 57.1 Å². The van der Waals surface area contributed by atoms with E-state index in [0.29, 0.717) is 29.2 Å². The minimum absolute atomic E-state index is 0.0342. The van der Waals surface area contributed by atoms with Gasteiger partial charge in [-0.2, -0.15) is 57.1 Å². The normalized spacial score (nSPS) is 12.7. The number of ether oxygens (including phenoxy) is 7. The van der Waals surface area contributed by atoms with E-state index in [0.717, 1.165) is 47.6 Å². The maximum Gasteiger partial charge on any atom is 0.427 e. The highest BCUT2D eigenvalue weighted by molar-refractivity contribution is 5.64. The van der Waals surface area contributed by atoms with Crippen molar-refractivity contribution in [1.82, 2.24) is 68.7 Å². The van der Waals surface area contributed by atoms with E-state index in [4.69, 9.17) is 14.2 Å². The van der Waals surface area contributed by atoms with E-state index in [1.807, 2.05) is 12.3 Å². The van der Waals surface area contributed by atoms with Gasteiger partial charge < -0.3 is 33.2 Å². The van der Waals surface area contributed by atoms with Crippen LogP contribution < -0.4 is 14.2 Å². The van der Waals surface area contributed by atoms with Gasteiger partial charge in [0, 0.05) is 91.9 Å². The molecule has 450 valence electrons. The van der Waals surface area contributed by atoms with E-state index in [1.165, 1.54) is 87.7 Å². The van der Waals surface area contributed by atoms with Gasteiger partial charge in [-0.3, -0.25) is 23.2 Å². The van der Waals surface area contributed by atoms with E-state index in [2.05, 4.69) is 74.5 Å². The summed E-state index contributed by atoms with van der Waals surface area (Å²) in [5, 5.41) is 22.2. The minimum Gasteiger partial charge on any atom is -0.468 e. The number of aromatic nitrogens is 14. The molecule has 34 heteroatoms. The summed E-state index contributed by atoms with van der Waals surface area (Å²) in [6, 6.07) is 11.9. The highest BCUT2D eigenvalue weighted by atomic mass is 19.4. The van der Waals surface area contributed by atoms with Crippen LogP contribution in [0.5, 0.6) is 17.6 Å². The van der Waals surface area contributed by atoms with Crippen molar-refractivity contribution in [3.8, 4) is 51.3 Å². The Morgan fingerprint density at radius 2 is 0.905 bits per heavy atom. The lowest BCUT2D eigenvalue weighted by Crippen LogP contribution is -2.44. The number of hydrogen-bond donors (Lipinski definition) is 0. The molecule has 0 bridgehead atoms. The first-order chi connectivity index (χ1) is 39.3. The third-order valence-electron chi connectivity index (χ3n) is 11.4. The lowest BCUT2D eigenvalue weighted by molar-refractivity contribution is -0.258. The van der Waals surface area contributed by atoms with Crippen LogP contribution in [0.4, 0.5) is 57.1 Å². The monoisotopic (exact) mass is 1200 g/mol.